The van der Waals surface area contributed by atoms with E-state index in [1.54, 1.807) is 25.1 Å². The Balaban J connectivity index is 2.37. The number of halogens is 2. The van der Waals surface area contributed by atoms with Gasteiger partial charge in [0.15, 0.2) is 0 Å². The van der Waals surface area contributed by atoms with E-state index in [0.717, 1.165) is 0 Å². The average Bonchev–Trinajstić information content (AvgIpc) is 2.68. The maximum atomic E-state index is 14.6. The lowest BCUT2D eigenvalue weighted by atomic mass is 9.66. The average molecular weight is 401 g/mol. The third-order valence-electron chi connectivity index (χ3n) is 4.67. The zero-order valence-electron chi connectivity index (χ0n) is 14.7. The second-order valence-corrected chi connectivity index (χ2v) is 7.74. The molecule has 1 aromatic carbocycles. The second kappa shape index (κ2) is 7.14. The Labute approximate surface area is 151 Å². The van der Waals surface area contributed by atoms with Gasteiger partial charge in [0.05, 0.1) is 28.7 Å². The molecule has 1 unspecified atom stereocenters. The summed E-state index contributed by atoms with van der Waals surface area (Å²) < 4.78 is 32.1. The lowest BCUT2D eigenvalue weighted by Crippen LogP contribution is -2.41. The van der Waals surface area contributed by atoms with Gasteiger partial charge in [0, 0.05) is 5.82 Å². The molecule has 1 aliphatic rings. The predicted octanol–water partition coefficient (Wildman–Crippen LogP) is 4.26. The van der Waals surface area contributed by atoms with Gasteiger partial charge in [-0.25, -0.2) is 4.39 Å². The van der Waals surface area contributed by atoms with Crippen LogP contribution in [-0.4, -0.2) is 30.9 Å². The Hall–Kier alpha value is -0.915. The molecule has 0 aliphatic carbocycles. The molecule has 1 saturated heterocycles. The smallest absolute Gasteiger partial charge is 0.466 e. The highest BCUT2D eigenvalue weighted by Crippen LogP contribution is 2.42. The van der Waals surface area contributed by atoms with Crippen molar-refractivity contribution in [3.8, 4) is 0 Å². The first kappa shape index (κ1) is 19.4. The lowest BCUT2D eigenvalue weighted by molar-refractivity contribution is -0.143. The van der Waals surface area contributed by atoms with E-state index in [4.69, 9.17) is 14.0 Å². The van der Waals surface area contributed by atoms with Crippen molar-refractivity contribution in [2.75, 3.05) is 6.61 Å². The van der Waals surface area contributed by atoms with E-state index in [9.17, 15) is 9.18 Å². The summed E-state index contributed by atoms with van der Waals surface area (Å²) in [7, 11) is -0.733. The molecule has 0 aromatic heterocycles. The molecule has 0 saturated carbocycles. The number of hydrogen-bond donors (Lipinski definition) is 0. The molecule has 132 valence electrons. The molecular weight excluding hydrogens is 378 g/mol. The number of carbonyl (C=O) groups excluding carboxylic acids is 1. The first-order chi connectivity index (χ1) is 11.1. The summed E-state index contributed by atoms with van der Waals surface area (Å²) in [6, 6.07) is 4.99. The summed E-state index contributed by atoms with van der Waals surface area (Å²) in [6.45, 7) is 9.70. The van der Waals surface area contributed by atoms with E-state index in [1.807, 2.05) is 27.7 Å². The van der Waals surface area contributed by atoms with Crippen LogP contribution >= 0.6 is 15.9 Å². The van der Waals surface area contributed by atoms with Gasteiger partial charge in [0.1, 0.15) is 5.82 Å². The summed E-state index contributed by atoms with van der Waals surface area (Å²) in [5, 5.41) is 0. The molecule has 4 nitrogen and oxygen atoms in total. The van der Waals surface area contributed by atoms with Crippen molar-refractivity contribution in [2.45, 2.75) is 58.1 Å². The third kappa shape index (κ3) is 3.84. The van der Waals surface area contributed by atoms with Gasteiger partial charge in [-0.05, 0) is 62.2 Å². The topological polar surface area (TPSA) is 44.8 Å². The Bertz CT molecular complexity index is 605. The van der Waals surface area contributed by atoms with Crippen LogP contribution in [0, 0.1) is 5.82 Å². The van der Waals surface area contributed by atoms with Gasteiger partial charge < -0.3 is 14.0 Å². The van der Waals surface area contributed by atoms with E-state index in [0.29, 0.717) is 10.0 Å². The molecule has 1 aromatic rings. The van der Waals surface area contributed by atoms with Crippen molar-refractivity contribution in [3.63, 3.8) is 0 Å². The highest BCUT2D eigenvalue weighted by Gasteiger charge is 2.54. The Morgan fingerprint density at radius 2 is 1.88 bits per heavy atom. The quantitative estimate of drug-likeness (QED) is 0.547. The van der Waals surface area contributed by atoms with Crippen LogP contribution in [0.4, 0.5) is 4.39 Å². The number of ether oxygens (including phenoxy) is 1. The Kier molecular flexibility index (Phi) is 5.77. The fraction of sp³-hybridized carbons (Fsp3) is 0.588. The monoisotopic (exact) mass is 400 g/mol. The number of benzene rings is 1. The van der Waals surface area contributed by atoms with Crippen LogP contribution in [-0.2, 0) is 18.8 Å². The maximum absolute atomic E-state index is 14.6. The number of hydrogen-bond acceptors (Lipinski definition) is 4. The van der Waals surface area contributed by atoms with E-state index >= 15 is 0 Å². The zero-order chi connectivity index (χ0) is 18.1. The van der Waals surface area contributed by atoms with Crippen LogP contribution in [0.15, 0.2) is 22.7 Å². The molecule has 7 heteroatoms. The maximum Gasteiger partial charge on any atom is 0.466 e. The molecule has 0 spiro atoms. The van der Waals surface area contributed by atoms with Crippen LogP contribution in [0.5, 0.6) is 0 Å². The highest BCUT2D eigenvalue weighted by molar-refractivity contribution is 9.10. The van der Waals surface area contributed by atoms with E-state index in [2.05, 4.69) is 15.9 Å². The van der Waals surface area contributed by atoms with Crippen LogP contribution in [0.1, 0.15) is 52.4 Å². The SMILES string of the molecule is CCOC(=O)CC(B1OC(C)(C)C(C)(C)O1)c1cccc(Br)c1F. The van der Waals surface area contributed by atoms with Crippen molar-refractivity contribution >= 4 is 29.0 Å². The van der Waals surface area contributed by atoms with Gasteiger partial charge in [-0.1, -0.05) is 12.1 Å². The Morgan fingerprint density at radius 1 is 1.29 bits per heavy atom. The van der Waals surface area contributed by atoms with E-state index < -0.39 is 35.9 Å². The minimum atomic E-state index is -0.733. The molecule has 24 heavy (non-hydrogen) atoms. The van der Waals surface area contributed by atoms with Crippen LogP contribution in [0.2, 0.25) is 0 Å². The molecule has 1 atom stereocenters. The molecular formula is C17H23BBrFO4. The molecule has 1 aliphatic heterocycles. The third-order valence-corrected chi connectivity index (χ3v) is 5.29. The van der Waals surface area contributed by atoms with E-state index in [-0.39, 0.29) is 13.0 Å². The second-order valence-electron chi connectivity index (χ2n) is 6.88. The molecule has 0 N–H and O–H groups in total. The van der Waals surface area contributed by atoms with Crippen molar-refractivity contribution in [1.29, 1.82) is 0 Å². The van der Waals surface area contributed by atoms with Crippen LogP contribution < -0.4 is 0 Å². The van der Waals surface area contributed by atoms with Gasteiger partial charge >= 0.3 is 13.1 Å². The van der Waals surface area contributed by atoms with Crippen LogP contribution in [0.25, 0.3) is 0 Å². The first-order valence-corrected chi connectivity index (χ1v) is 8.83. The Morgan fingerprint density at radius 3 is 2.42 bits per heavy atom. The first-order valence-electron chi connectivity index (χ1n) is 8.04. The molecule has 0 radical (unpaired) electrons. The summed E-state index contributed by atoms with van der Waals surface area (Å²) in [6.07, 6.45) is -0.0158. The molecule has 2 rings (SSSR count). The molecule has 1 fully saturated rings. The standard InChI is InChI=1S/C17H23BBrFO4/c1-6-22-14(21)10-12(11-8-7-9-13(19)15(11)20)18-23-16(2,3)17(4,5)24-18/h7-9,12H,6,10H2,1-5H3. The van der Waals surface area contributed by atoms with Gasteiger partial charge in [-0.2, -0.15) is 0 Å². The minimum Gasteiger partial charge on any atom is -0.466 e. The van der Waals surface area contributed by atoms with Crippen molar-refractivity contribution in [1.82, 2.24) is 0 Å². The van der Waals surface area contributed by atoms with Crippen molar-refractivity contribution in [2.24, 2.45) is 0 Å². The predicted molar refractivity (Wildman–Crippen MR) is 94.2 cm³/mol. The fourth-order valence-corrected chi connectivity index (χ4v) is 2.99. The fourth-order valence-electron chi connectivity index (χ4n) is 2.61. The normalized spacial score (nSPS) is 20.0. The van der Waals surface area contributed by atoms with Crippen LogP contribution in [0.3, 0.4) is 0 Å². The van der Waals surface area contributed by atoms with Crippen molar-refractivity contribution < 1.29 is 23.2 Å². The van der Waals surface area contributed by atoms with Crippen molar-refractivity contribution in [3.05, 3.63) is 34.1 Å². The molecule has 1 heterocycles. The summed E-state index contributed by atoms with van der Waals surface area (Å²) in [5.41, 5.74) is -0.754. The molecule has 0 bridgehead atoms. The summed E-state index contributed by atoms with van der Waals surface area (Å²) >= 11 is 3.19. The van der Waals surface area contributed by atoms with E-state index in [1.165, 1.54) is 0 Å². The largest absolute Gasteiger partial charge is 0.466 e. The summed E-state index contributed by atoms with van der Waals surface area (Å²) in [5.74, 6) is -1.42. The minimum absolute atomic E-state index is 0.0158. The number of carbonyl (C=O) groups is 1. The van der Waals surface area contributed by atoms with Gasteiger partial charge in [-0.15, -0.1) is 0 Å². The highest BCUT2D eigenvalue weighted by atomic mass is 79.9. The summed E-state index contributed by atoms with van der Waals surface area (Å²) in [4.78, 5) is 12.0. The lowest BCUT2D eigenvalue weighted by Gasteiger charge is -2.32. The van der Waals surface area contributed by atoms with Gasteiger partial charge in [0.2, 0.25) is 0 Å². The van der Waals surface area contributed by atoms with Gasteiger partial charge in [-0.3, -0.25) is 4.79 Å². The molecule has 0 amide bonds. The van der Waals surface area contributed by atoms with Gasteiger partial charge in [0.25, 0.3) is 0 Å². The number of rotatable bonds is 5. The number of esters is 1. The zero-order valence-corrected chi connectivity index (χ0v) is 16.3.